The first-order chi connectivity index (χ1) is 10.3. The van der Waals surface area contributed by atoms with Gasteiger partial charge in [-0.25, -0.2) is 0 Å². The minimum Gasteiger partial charge on any atom is -0.403 e. The molecule has 0 heterocycles. The maximum Gasteiger partial charge on any atom is 0.500 e. The average Bonchev–Trinajstić information content (AvgIpc) is 2.49. The van der Waals surface area contributed by atoms with Gasteiger partial charge in [-0.1, -0.05) is 19.6 Å². The highest BCUT2D eigenvalue weighted by Gasteiger charge is 2.36. The Labute approximate surface area is 139 Å². The maximum atomic E-state index is 5.47. The Morgan fingerprint density at radius 3 is 1.77 bits per heavy atom. The van der Waals surface area contributed by atoms with Gasteiger partial charge in [0.2, 0.25) is 0 Å². The Balaban J connectivity index is 4.50. The molecule has 0 aromatic carbocycles. The van der Waals surface area contributed by atoms with E-state index in [1.165, 1.54) is 0 Å². The first-order valence-corrected chi connectivity index (χ1v) is 13.5. The van der Waals surface area contributed by atoms with Crippen LogP contribution in [0.5, 0.6) is 0 Å². The fraction of sp³-hybridized carbons (Fsp3) is 0.867. The van der Waals surface area contributed by atoms with Crippen LogP contribution in [0.25, 0.3) is 0 Å². The molecule has 7 heteroatoms. The SMILES string of the molecule is CCN(C=CN(CC)[Si](C)(C)C)CCC[Si](OC)(OC)OC. The summed E-state index contributed by atoms with van der Waals surface area (Å²) in [6, 6.07) is 0.840. The Morgan fingerprint density at radius 1 is 0.864 bits per heavy atom. The zero-order chi connectivity index (χ0) is 17.2. The van der Waals surface area contributed by atoms with E-state index in [9.17, 15) is 0 Å². The van der Waals surface area contributed by atoms with Crippen LogP contribution in [0.1, 0.15) is 20.3 Å². The Hall–Kier alpha value is -0.346. The second-order valence-corrected chi connectivity index (χ2v) is 14.3. The molecule has 0 aliphatic rings. The highest BCUT2D eigenvalue weighted by molar-refractivity contribution is 6.73. The molecule has 0 unspecified atom stereocenters. The Kier molecular flexibility index (Phi) is 10.3. The van der Waals surface area contributed by atoms with Gasteiger partial charge in [-0.05, 0) is 20.3 Å². The number of hydrogen-bond donors (Lipinski definition) is 0. The summed E-state index contributed by atoms with van der Waals surface area (Å²) in [4.78, 5) is 2.34. The third kappa shape index (κ3) is 7.28. The van der Waals surface area contributed by atoms with Crippen LogP contribution in [-0.4, -0.2) is 67.5 Å². The molecule has 0 amide bonds. The highest BCUT2D eigenvalue weighted by Crippen LogP contribution is 2.16. The van der Waals surface area contributed by atoms with Crippen LogP contribution in [0.15, 0.2) is 12.4 Å². The lowest BCUT2D eigenvalue weighted by Crippen LogP contribution is -2.43. The van der Waals surface area contributed by atoms with Crippen LogP contribution >= 0.6 is 0 Å². The molecule has 0 aliphatic carbocycles. The molecule has 22 heavy (non-hydrogen) atoms. The van der Waals surface area contributed by atoms with Crippen molar-refractivity contribution in [3.05, 3.63) is 12.4 Å². The van der Waals surface area contributed by atoms with Crippen LogP contribution in [0.3, 0.4) is 0 Å². The number of hydrogen-bond acceptors (Lipinski definition) is 5. The fourth-order valence-corrected chi connectivity index (χ4v) is 5.54. The molecule has 0 aromatic heterocycles. The third-order valence-corrected chi connectivity index (χ3v) is 8.95. The van der Waals surface area contributed by atoms with Gasteiger partial charge in [0.25, 0.3) is 0 Å². The van der Waals surface area contributed by atoms with Crippen LogP contribution in [0, 0.1) is 0 Å². The molecule has 0 atom stereocenters. The summed E-state index contributed by atoms with van der Waals surface area (Å²) in [7, 11) is 1.30. The van der Waals surface area contributed by atoms with Crippen molar-refractivity contribution in [2.75, 3.05) is 41.0 Å². The number of nitrogens with zero attached hydrogens (tertiary/aromatic N) is 2. The lowest BCUT2D eigenvalue weighted by Gasteiger charge is -2.33. The van der Waals surface area contributed by atoms with E-state index in [1.807, 2.05) is 0 Å². The van der Waals surface area contributed by atoms with Gasteiger partial charge in [0.15, 0.2) is 0 Å². The zero-order valence-electron chi connectivity index (χ0n) is 15.8. The van der Waals surface area contributed by atoms with Gasteiger partial charge in [-0.2, -0.15) is 0 Å². The van der Waals surface area contributed by atoms with Crippen molar-refractivity contribution in [1.29, 1.82) is 0 Å². The molecule has 0 N–H and O–H groups in total. The van der Waals surface area contributed by atoms with E-state index in [0.29, 0.717) is 0 Å². The lowest BCUT2D eigenvalue weighted by molar-refractivity contribution is 0.122. The molecule has 0 rings (SSSR count). The molecule has 0 spiro atoms. The minimum atomic E-state index is -2.43. The maximum absolute atomic E-state index is 5.47. The lowest BCUT2D eigenvalue weighted by atomic mass is 10.4. The van der Waals surface area contributed by atoms with E-state index in [0.717, 1.165) is 32.1 Å². The molecular weight excluding hydrogens is 312 g/mol. The summed E-state index contributed by atoms with van der Waals surface area (Å²) in [5.74, 6) is 0. The van der Waals surface area contributed by atoms with Crippen molar-refractivity contribution in [3.8, 4) is 0 Å². The second-order valence-electron chi connectivity index (χ2n) is 6.28. The summed E-state index contributed by atoms with van der Waals surface area (Å²) in [5, 5.41) is 0. The monoisotopic (exact) mass is 348 g/mol. The average molecular weight is 349 g/mol. The van der Waals surface area contributed by atoms with Crippen molar-refractivity contribution in [1.82, 2.24) is 9.47 Å². The van der Waals surface area contributed by atoms with E-state index < -0.39 is 17.0 Å². The third-order valence-electron chi connectivity index (χ3n) is 3.93. The first kappa shape index (κ1) is 21.7. The fourth-order valence-electron chi connectivity index (χ4n) is 2.37. The van der Waals surface area contributed by atoms with Crippen molar-refractivity contribution in [3.63, 3.8) is 0 Å². The van der Waals surface area contributed by atoms with Gasteiger partial charge in [-0.3, -0.25) is 0 Å². The molecule has 0 saturated carbocycles. The summed E-state index contributed by atoms with van der Waals surface area (Å²) in [6.07, 6.45) is 5.47. The predicted molar refractivity (Wildman–Crippen MR) is 98.3 cm³/mol. The summed E-state index contributed by atoms with van der Waals surface area (Å²) in [6.45, 7) is 14.6. The number of rotatable bonds is 12. The molecule has 0 radical (unpaired) electrons. The van der Waals surface area contributed by atoms with Crippen LogP contribution in [0.2, 0.25) is 25.7 Å². The van der Waals surface area contributed by atoms with Crippen molar-refractivity contribution in [2.45, 2.75) is 46.0 Å². The van der Waals surface area contributed by atoms with Gasteiger partial charge in [0.1, 0.15) is 8.24 Å². The van der Waals surface area contributed by atoms with Crippen molar-refractivity contribution < 1.29 is 13.3 Å². The summed E-state index contributed by atoms with van der Waals surface area (Å²) >= 11 is 0. The summed E-state index contributed by atoms with van der Waals surface area (Å²) < 4.78 is 18.9. The Morgan fingerprint density at radius 2 is 1.41 bits per heavy atom. The molecule has 0 bridgehead atoms. The van der Waals surface area contributed by atoms with E-state index in [2.05, 4.69) is 55.4 Å². The predicted octanol–water partition coefficient (Wildman–Crippen LogP) is 3.20. The molecule has 0 aromatic rings. The standard InChI is InChI=1S/C15H36N2O3Si2/c1-9-16(13-14-17(10-2)21(6,7)8)12-11-15-22(18-3,19-4)20-5/h13-14H,9-12,15H2,1-8H3. The van der Waals surface area contributed by atoms with Gasteiger partial charge >= 0.3 is 8.80 Å². The Bertz CT molecular complexity index is 310. The van der Waals surface area contributed by atoms with Gasteiger partial charge in [0.05, 0.1) is 0 Å². The second kappa shape index (κ2) is 10.4. The van der Waals surface area contributed by atoms with Gasteiger partial charge < -0.3 is 22.7 Å². The zero-order valence-corrected chi connectivity index (χ0v) is 17.8. The molecule has 0 saturated heterocycles. The van der Waals surface area contributed by atoms with E-state index in [4.69, 9.17) is 13.3 Å². The van der Waals surface area contributed by atoms with E-state index in [1.54, 1.807) is 21.3 Å². The minimum absolute atomic E-state index is 0.840. The first-order valence-electron chi connectivity index (χ1n) is 8.13. The van der Waals surface area contributed by atoms with Crippen molar-refractivity contribution >= 4 is 17.0 Å². The quantitative estimate of drug-likeness (QED) is 0.506. The molecule has 0 fully saturated rings. The van der Waals surface area contributed by atoms with Gasteiger partial charge in [0, 0.05) is 59.4 Å². The van der Waals surface area contributed by atoms with Crippen molar-refractivity contribution in [2.24, 2.45) is 0 Å². The highest BCUT2D eigenvalue weighted by atomic mass is 28.4. The molecular formula is C15H36N2O3Si2. The van der Waals surface area contributed by atoms with Gasteiger partial charge in [-0.15, -0.1) is 0 Å². The molecule has 5 nitrogen and oxygen atoms in total. The van der Waals surface area contributed by atoms with E-state index >= 15 is 0 Å². The largest absolute Gasteiger partial charge is 0.500 e. The molecule has 0 aliphatic heterocycles. The normalized spacial score (nSPS) is 12.9. The smallest absolute Gasteiger partial charge is 0.403 e. The summed E-state index contributed by atoms with van der Waals surface area (Å²) in [5.41, 5.74) is 0. The van der Waals surface area contributed by atoms with Crippen LogP contribution in [-0.2, 0) is 13.3 Å². The topological polar surface area (TPSA) is 34.2 Å². The molecule has 132 valence electrons. The van der Waals surface area contributed by atoms with Crippen LogP contribution < -0.4 is 0 Å². The van der Waals surface area contributed by atoms with E-state index in [-0.39, 0.29) is 0 Å². The van der Waals surface area contributed by atoms with Crippen LogP contribution in [0.4, 0.5) is 0 Å².